The maximum Gasteiger partial charge on any atom is 0.309 e. The maximum atomic E-state index is 12.8. The fourth-order valence-electron chi connectivity index (χ4n) is 2.54. The zero-order chi connectivity index (χ0) is 15.9. The van der Waals surface area contributed by atoms with E-state index in [1.165, 1.54) is 12.1 Å². The van der Waals surface area contributed by atoms with E-state index in [4.69, 9.17) is 5.11 Å². The van der Waals surface area contributed by atoms with Crippen LogP contribution in [0.3, 0.4) is 0 Å². The minimum absolute atomic E-state index is 0.223. The number of aliphatic carboxylic acids is 1. The lowest BCUT2D eigenvalue weighted by atomic mass is 9.74. The van der Waals surface area contributed by atoms with Crippen LogP contribution in [0.5, 0.6) is 0 Å². The molecule has 0 bridgehead atoms. The van der Waals surface area contributed by atoms with Gasteiger partial charge < -0.3 is 10.4 Å². The fraction of sp³-hybridized carbons (Fsp3) is 0.588. The molecule has 0 radical (unpaired) electrons. The molecule has 0 aliphatic heterocycles. The Morgan fingerprint density at radius 3 is 2.29 bits per heavy atom. The normalized spacial score (nSPS) is 24.9. The van der Waals surface area contributed by atoms with Gasteiger partial charge in [0, 0.05) is 12.6 Å². The number of rotatable bonds is 4. The predicted octanol–water partition coefficient (Wildman–Crippen LogP) is 3.98. The van der Waals surface area contributed by atoms with Gasteiger partial charge in [0.25, 0.3) is 0 Å². The molecule has 0 spiro atoms. The van der Waals surface area contributed by atoms with Crippen molar-refractivity contribution in [2.45, 2.75) is 59.0 Å². The Bertz CT molecular complexity index is 437. The number of carboxylic acids is 1. The molecule has 0 heterocycles. The van der Waals surface area contributed by atoms with E-state index in [9.17, 15) is 9.18 Å². The summed E-state index contributed by atoms with van der Waals surface area (Å²) in [4.78, 5) is 11.1. The van der Waals surface area contributed by atoms with Crippen molar-refractivity contribution < 1.29 is 14.3 Å². The Morgan fingerprint density at radius 1 is 1.29 bits per heavy atom. The molecule has 2 rings (SSSR count). The van der Waals surface area contributed by atoms with Crippen molar-refractivity contribution in [3.63, 3.8) is 0 Å². The summed E-state index contributed by atoms with van der Waals surface area (Å²) in [7, 11) is 0. The molecule has 1 aromatic rings. The molecular formula is C17H26FNO2. The number of benzene rings is 1. The SMILES string of the molecule is CC.CC1(C(=O)O)CCC(NCc2ccc(F)cc2)CC1. The summed E-state index contributed by atoms with van der Waals surface area (Å²) in [5.41, 5.74) is 0.488. The van der Waals surface area contributed by atoms with Crippen molar-refractivity contribution in [2.24, 2.45) is 5.41 Å². The molecule has 1 aliphatic carbocycles. The minimum Gasteiger partial charge on any atom is -0.481 e. The van der Waals surface area contributed by atoms with Crippen LogP contribution in [0.15, 0.2) is 24.3 Å². The summed E-state index contributed by atoms with van der Waals surface area (Å²) < 4.78 is 12.8. The van der Waals surface area contributed by atoms with Crippen LogP contribution in [0, 0.1) is 11.2 Å². The van der Waals surface area contributed by atoms with Gasteiger partial charge in [0.05, 0.1) is 5.41 Å². The van der Waals surface area contributed by atoms with Gasteiger partial charge in [-0.15, -0.1) is 0 Å². The van der Waals surface area contributed by atoms with E-state index in [1.807, 2.05) is 20.8 Å². The second-order valence-electron chi connectivity index (χ2n) is 5.65. The Morgan fingerprint density at radius 2 is 1.81 bits per heavy atom. The quantitative estimate of drug-likeness (QED) is 0.883. The van der Waals surface area contributed by atoms with Crippen molar-refractivity contribution in [1.29, 1.82) is 0 Å². The summed E-state index contributed by atoms with van der Waals surface area (Å²) >= 11 is 0. The number of halogens is 1. The fourth-order valence-corrected chi connectivity index (χ4v) is 2.54. The van der Waals surface area contributed by atoms with E-state index in [-0.39, 0.29) is 5.82 Å². The van der Waals surface area contributed by atoms with E-state index >= 15 is 0 Å². The van der Waals surface area contributed by atoms with E-state index in [0.717, 1.165) is 18.4 Å². The summed E-state index contributed by atoms with van der Waals surface area (Å²) in [6.07, 6.45) is 3.18. The van der Waals surface area contributed by atoms with Gasteiger partial charge in [0.15, 0.2) is 0 Å². The molecule has 1 fully saturated rings. The molecule has 4 heteroatoms. The Balaban J connectivity index is 0.00000106. The van der Waals surface area contributed by atoms with Gasteiger partial charge in [-0.2, -0.15) is 0 Å². The number of carboxylic acid groups (broad SMARTS) is 1. The van der Waals surface area contributed by atoms with Crippen LogP contribution in [-0.4, -0.2) is 17.1 Å². The molecule has 0 amide bonds. The molecule has 1 aromatic carbocycles. The van der Waals surface area contributed by atoms with Gasteiger partial charge in [-0.1, -0.05) is 26.0 Å². The van der Waals surface area contributed by atoms with Crippen LogP contribution in [-0.2, 0) is 11.3 Å². The number of carbonyl (C=O) groups is 1. The molecule has 1 aliphatic rings. The van der Waals surface area contributed by atoms with Crippen molar-refractivity contribution in [3.05, 3.63) is 35.6 Å². The molecule has 3 nitrogen and oxygen atoms in total. The van der Waals surface area contributed by atoms with Crippen LogP contribution in [0.25, 0.3) is 0 Å². The van der Waals surface area contributed by atoms with Gasteiger partial charge >= 0.3 is 5.97 Å². The summed E-state index contributed by atoms with van der Waals surface area (Å²) in [5, 5.41) is 12.6. The number of hydrogen-bond acceptors (Lipinski definition) is 2. The second-order valence-corrected chi connectivity index (χ2v) is 5.65. The third kappa shape index (κ3) is 5.12. The van der Waals surface area contributed by atoms with Crippen molar-refractivity contribution in [1.82, 2.24) is 5.32 Å². The minimum atomic E-state index is -0.690. The van der Waals surface area contributed by atoms with E-state index in [2.05, 4.69) is 5.32 Å². The molecule has 0 saturated heterocycles. The smallest absolute Gasteiger partial charge is 0.309 e. The lowest BCUT2D eigenvalue weighted by Gasteiger charge is -2.34. The Hall–Kier alpha value is -1.42. The highest BCUT2D eigenvalue weighted by Crippen LogP contribution is 2.36. The van der Waals surface area contributed by atoms with Crippen molar-refractivity contribution >= 4 is 5.97 Å². The molecule has 0 aromatic heterocycles. The first-order valence-electron chi connectivity index (χ1n) is 7.71. The monoisotopic (exact) mass is 295 g/mol. The highest BCUT2D eigenvalue weighted by Gasteiger charge is 2.37. The lowest BCUT2D eigenvalue weighted by Crippen LogP contribution is -2.39. The van der Waals surface area contributed by atoms with Crippen LogP contribution >= 0.6 is 0 Å². The zero-order valence-corrected chi connectivity index (χ0v) is 13.2. The van der Waals surface area contributed by atoms with Gasteiger partial charge in [-0.25, -0.2) is 4.39 Å². The number of hydrogen-bond donors (Lipinski definition) is 2. The van der Waals surface area contributed by atoms with Gasteiger partial charge in [-0.05, 0) is 50.3 Å². The summed E-state index contributed by atoms with van der Waals surface area (Å²) in [6, 6.07) is 6.81. The summed E-state index contributed by atoms with van der Waals surface area (Å²) in [5.74, 6) is -0.914. The molecule has 118 valence electrons. The number of nitrogens with one attached hydrogen (secondary N) is 1. The highest BCUT2D eigenvalue weighted by atomic mass is 19.1. The van der Waals surface area contributed by atoms with Crippen LogP contribution < -0.4 is 5.32 Å². The van der Waals surface area contributed by atoms with Gasteiger partial charge in [0.2, 0.25) is 0 Å². The first-order valence-corrected chi connectivity index (χ1v) is 7.71. The van der Waals surface area contributed by atoms with Crippen molar-refractivity contribution in [2.75, 3.05) is 0 Å². The summed E-state index contributed by atoms with van der Waals surface area (Å²) in [6.45, 7) is 6.53. The molecule has 21 heavy (non-hydrogen) atoms. The van der Waals surface area contributed by atoms with Gasteiger partial charge in [-0.3, -0.25) is 4.79 Å². The third-order valence-corrected chi connectivity index (χ3v) is 4.11. The van der Waals surface area contributed by atoms with Crippen LogP contribution in [0.2, 0.25) is 0 Å². The highest BCUT2D eigenvalue weighted by molar-refractivity contribution is 5.74. The van der Waals surface area contributed by atoms with Gasteiger partial charge in [0.1, 0.15) is 5.82 Å². The molecule has 0 atom stereocenters. The van der Waals surface area contributed by atoms with Crippen molar-refractivity contribution in [3.8, 4) is 0 Å². The molecule has 1 saturated carbocycles. The predicted molar refractivity (Wildman–Crippen MR) is 82.6 cm³/mol. The average molecular weight is 295 g/mol. The molecule has 0 unspecified atom stereocenters. The van der Waals surface area contributed by atoms with Crippen LogP contribution in [0.1, 0.15) is 52.0 Å². The van der Waals surface area contributed by atoms with Crippen LogP contribution in [0.4, 0.5) is 4.39 Å². The molecule has 2 N–H and O–H groups in total. The standard InChI is InChI=1S/C15H20FNO2.C2H6/c1-15(14(18)19)8-6-13(7-9-15)17-10-11-2-4-12(16)5-3-11;1-2/h2-5,13,17H,6-10H2,1H3,(H,18,19);1-2H3. The lowest BCUT2D eigenvalue weighted by molar-refractivity contribution is -0.150. The largest absolute Gasteiger partial charge is 0.481 e. The molecular weight excluding hydrogens is 269 g/mol. The van der Waals surface area contributed by atoms with E-state index < -0.39 is 11.4 Å². The maximum absolute atomic E-state index is 12.8. The topological polar surface area (TPSA) is 49.3 Å². The first-order chi connectivity index (χ1) is 9.99. The van der Waals surface area contributed by atoms with E-state index in [1.54, 1.807) is 12.1 Å². The van der Waals surface area contributed by atoms with E-state index in [0.29, 0.717) is 25.4 Å². The first kappa shape index (κ1) is 17.6. The second kappa shape index (κ2) is 8.13. The average Bonchev–Trinajstić information content (AvgIpc) is 2.50. The Kier molecular flexibility index (Phi) is 6.82. The third-order valence-electron chi connectivity index (χ3n) is 4.11. The zero-order valence-electron chi connectivity index (χ0n) is 13.2. The Labute approximate surface area is 126 Å².